The van der Waals surface area contributed by atoms with Crippen molar-refractivity contribution in [3.63, 3.8) is 0 Å². The highest BCUT2D eigenvalue weighted by molar-refractivity contribution is 5.92. The molecule has 18 heavy (non-hydrogen) atoms. The van der Waals surface area contributed by atoms with Crippen LogP contribution in [-0.2, 0) is 0 Å². The molecule has 2 heterocycles. The maximum atomic E-state index is 11.5. The van der Waals surface area contributed by atoms with Crippen LogP contribution in [0.25, 0.3) is 0 Å². The Balaban J connectivity index is 1.91. The summed E-state index contributed by atoms with van der Waals surface area (Å²) in [6, 6.07) is 3.68. The van der Waals surface area contributed by atoms with Crippen molar-refractivity contribution in [2.75, 3.05) is 39.0 Å². The molecule has 0 aromatic carbocycles. The second kappa shape index (κ2) is 5.82. The average Bonchev–Trinajstić information content (AvgIpc) is 2.81. The maximum Gasteiger partial charge on any atom is 0.269 e. The number of hydrogen-bond donors (Lipinski definition) is 2. The van der Waals surface area contributed by atoms with Crippen LogP contribution in [-0.4, -0.2) is 49.5 Å². The lowest BCUT2D eigenvalue weighted by atomic mass is 10.1. The van der Waals surface area contributed by atoms with Crippen molar-refractivity contribution in [3.05, 3.63) is 24.0 Å². The molecule has 1 aromatic heterocycles. The first-order valence-electron chi connectivity index (χ1n) is 6.29. The summed E-state index contributed by atoms with van der Waals surface area (Å²) in [5.41, 5.74) is 1.41. The molecule has 5 heteroatoms. The first-order chi connectivity index (χ1) is 8.69. The van der Waals surface area contributed by atoms with Gasteiger partial charge in [0.25, 0.3) is 5.91 Å². The average molecular weight is 248 g/mol. The lowest BCUT2D eigenvalue weighted by Gasteiger charge is -2.13. The van der Waals surface area contributed by atoms with Gasteiger partial charge >= 0.3 is 0 Å². The fraction of sp³-hybridized carbons (Fsp3) is 0.538. The van der Waals surface area contributed by atoms with E-state index in [1.807, 2.05) is 6.07 Å². The molecule has 0 spiro atoms. The first-order valence-corrected chi connectivity index (χ1v) is 6.29. The summed E-state index contributed by atoms with van der Waals surface area (Å²) in [5.74, 6) is 0.533. The predicted octanol–water partition coefficient (Wildman–Crippen LogP) is 0.805. The Morgan fingerprint density at radius 1 is 1.61 bits per heavy atom. The van der Waals surface area contributed by atoms with E-state index in [-0.39, 0.29) is 5.91 Å². The summed E-state index contributed by atoms with van der Waals surface area (Å²) < 4.78 is 0. The zero-order chi connectivity index (χ0) is 13.0. The summed E-state index contributed by atoms with van der Waals surface area (Å²) in [6.45, 7) is 3.26. The van der Waals surface area contributed by atoms with Gasteiger partial charge in [0.05, 0.1) is 0 Å². The molecule has 0 bridgehead atoms. The molecule has 1 fully saturated rings. The molecule has 1 aliphatic rings. The molecule has 1 amide bonds. The van der Waals surface area contributed by atoms with Gasteiger partial charge in [-0.2, -0.15) is 0 Å². The SMILES string of the molecule is CNC(=O)c1cc(NCC2CCN(C)C2)ccn1. The van der Waals surface area contributed by atoms with E-state index >= 15 is 0 Å². The second-order valence-corrected chi connectivity index (χ2v) is 4.81. The van der Waals surface area contributed by atoms with Crippen LogP contribution in [0.2, 0.25) is 0 Å². The van der Waals surface area contributed by atoms with E-state index in [1.165, 1.54) is 13.0 Å². The number of carbonyl (C=O) groups excluding carboxylic acids is 1. The monoisotopic (exact) mass is 248 g/mol. The molecule has 1 saturated heterocycles. The van der Waals surface area contributed by atoms with Crippen molar-refractivity contribution < 1.29 is 4.79 Å². The van der Waals surface area contributed by atoms with Crippen molar-refractivity contribution in [1.82, 2.24) is 15.2 Å². The van der Waals surface area contributed by atoms with Crippen LogP contribution in [0, 0.1) is 5.92 Å². The van der Waals surface area contributed by atoms with Gasteiger partial charge in [0.1, 0.15) is 5.69 Å². The summed E-state index contributed by atoms with van der Waals surface area (Å²) in [4.78, 5) is 17.8. The number of nitrogens with zero attached hydrogens (tertiary/aromatic N) is 2. The smallest absolute Gasteiger partial charge is 0.269 e. The molecule has 2 rings (SSSR count). The van der Waals surface area contributed by atoms with Crippen LogP contribution in [0.1, 0.15) is 16.9 Å². The minimum atomic E-state index is -0.153. The third-order valence-electron chi connectivity index (χ3n) is 3.30. The van der Waals surface area contributed by atoms with Gasteiger partial charge in [-0.05, 0) is 38.1 Å². The minimum absolute atomic E-state index is 0.153. The van der Waals surface area contributed by atoms with Gasteiger partial charge in [0.15, 0.2) is 0 Å². The van der Waals surface area contributed by atoms with Crippen LogP contribution in [0.3, 0.4) is 0 Å². The van der Waals surface area contributed by atoms with Crippen molar-refractivity contribution in [2.24, 2.45) is 5.92 Å². The molecule has 2 N–H and O–H groups in total. The van der Waals surface area contributed by atoms with E-state index < -0.39 is 0 Å². The third-order valence-corrected chi connectivity index (χ3v) is 3.30. The highest BCUT2D eigenvalue weighted by atomic mass is 16.1. The van der Waals surface area contributed by atoms with Gasteiger partial charge < -0.3 is 15.5 Å². The van der Waals surface area contributed by atoms with E-state index in [2.05, 4.69) is 27.6 Å². The predicted molar refractivity (Wildman–Crippen MR) is 71.7 cm³/mol. The molecule has 98 valence electrons. The Morgan fingerprint density at radius 2 is 2.44 bits per heavy atom. The first kappa shape index (κ1) is 12.8. The van der Waals surface area contributed by atoms with Crippen LogP contribution < -0.4 is 10.6 Å². The van der Waals surface area contributed by atoms with Crippen LogP contribution >= 0.6 is 0 Å². The van der Waals surface area contributed by atoms with Gasteiger partial charge in [0, 0.05) is 32.0 Å². The highest BCUT2D eigenvalue weighted by Gasteiger charge is 2.18. The molecule has 0 radical (unpaired) electrons. The van der Waals surface area contributed by atoms with E-state index in [9.17, 15) is 4.79 Å². The number of anilines is 1. The van der Waals surface area contributed by atoms with Crippen molar-refractivity contribution in [2.45, 2.75) is 6.42 Å². The molecule has 1 unspecified atom stereocenters. The number of hydrogen-bond acceptors (Lipinski definition) is 4. The Hall–Kier alpha value is -1.62. The zero-order valence-electron chi connectivity index (χ0n) is 10.9. The number of rotatable bonds is 4. The van der Waals surface area contributed by atoms with Crippen molar-refractivity contribution in [1.29, 1.82) is 0 Å². The van der Waals surface area contributed by atoms with E-state index in [4.69, 9.17) is 0 Å². The number of aromatic nitrogens is 1. The number of amides is 1. The topological polar surface area (TPSA) is 57.3 Å². The van der Waals surface area contributed by atoms with E-state index in [0.717, 1.165) is 18.8 Å². The summed E-state index contributed by atoms with van der Waals surface area (Å²) >= 11 is 0. The van der Waals surface area contributed by atoms with E-state index in [1.54, 1.807) is 19.3 Å². The van der Waals surface area contributed by atoms with Crippen LogP contribution in [0.4, 0.5) is 5.69 Å². The summed E-state index contributed by atoms with van der Waals surface area (Å²) in [5, 5.41) is 5.96. The Bertz CT molecular complexity index is 421. The molecular formula is C13H20N4O. The molecule has 0 aliphatic carbocycles. The number of pyridine rings is 1. The fourth-order valence-corrected chi connectivity index (χ4v) is 2.25. The van der Waals surface area contributed by atoms with Crippen molar-refractivity contribution >= 4 is 11.6 Å². The highest BCUT2D eigenvalue weighted by Crippen LogP contribution is 2.16. The lowest BCUT2D eigenvalue weighted by Crippen LogP contribution is -2.21. The summed E-state index contributed by atoms with van der Waals surface area (Å²) in [7, 11) is 3.76. The Kier molecular flexibility index (Phi) is 4.15. The van der Waals surface area contributed by atoms with Gasteiger partial charge in [-0.25, -0.2) is 0 Å². The number of carbonyl (C=O) groups is 1. The number of nitrogens with one attached hydrogen (secondary N) is 2. The number of likely N-dealkylation sites (tertiary alicyclic amines) is 1. The quantitative estimate of drug-likeness (QED) is 0.827. The fourth-order valence-electron chi connectivity index (χ4n) is 2.25. The molecule has 1 aliphatic heterocycles. The van der Waals surface area contributed by atoms with Gasteiger partial charge in [0.2, 0.25) is 0 Å². The summed E-state index contributed by atoms with van der Waals surface area (Å²) in [6.07, 6.45) is 2.89. The third kappa shape index (κ3) is 3.20. The lowest BCUT2D eigenvalue weighted by molar-refractivity contribution is 0.0958. The molecule has 1 atom stereocenters. The second-order valence-electron chi connectivity index (χ2n) is 4.81. The van der Waals surface area contributed by atoms with Crippen LogP contribution in [0.5, 0.6) is 0 Å². The maximum absolute atomic E-state index is 11.5. The Labute approximate surface area is 108 Å². The minimum Gasteiger partial charge on any atom is -0.385 e. The van der Waals surface area contributed by atoms with E-state index in [0.29, 0.717) is 11.6 Å². The van der Waals surface area contributed by atoms with Gasteiger partial charge in [-0.1, -0.05) is 0 Å². The zero-order valence-corrected chi connectivity index (χ0v) is 10.9. The molecule has 0 saturated carbocycles. The standard InChI is InChI=1S/C13H20N4O/c1-14-13(18)12-7-11(3-5-15-12)16-8-10-4-6-17(2)9-10/h3,5,7,10H,4,6,8-9H2,1-2H3,(H,14,18)(H,15,16). The Morgan fingerprint density at radius 3 is 3.11 bits per heavy atom. The van der Waals surface area contributed by atoms with Gasteiger partial charge in [-0.3, -0.25) is 9.78 Å². The van der Waals surface area contributed by atoms with Crippen molar-refractivity contribution in [3.8, 4) is 0 Å². The molecule has 1 aromatic rings. The molecule has 5 nitrogen and oxygen atoms in total. The largest absolute Gasteiger partial charge is 0.385 e. The van der Waals surface area contributed by atoms with Crippen LogP contribution in [0.15, 0.2) is 18.3 Å². The molecular weight excluding hydrogens is 228 g/mol. The van der Waals surface area contributed by atoms with Gasteiger partial charge in [-0.15, -0.1) is 0 Å². The normalized spacial score (nSPS) is 19.8.